The molecule has 5 rings (SSSR count). The molecule has 2 aromatic carbocycles. The van der Waals surface area contributed by atoms with Crippen LogP contribution >= 0.6 is 0 Å². The van der Waals surface area contributed by atoms with E-state index in [4.69, 9.17) is 0 Å². The molecule has 0 saturated carbocycles. The first-order chi connectivity index (χ1) is 15.1. The van der Waals surface area contributed by atoms with Crippen LogP contribution in [0.1, 0.15) is 47.8 Å². The molecule has 4 aromatic rings. The maximum Gasteiger partial charge on any atom is 0.326 e. The van der Waals surface area contributed by atoms with Gasteiger partial charge in [-0.25, -0.2) is 4.79 Å². The molecule has 1 fully saturated rings. The highest BCUT2D eigenvalue weighted by Gasteiger charge is 2.23. The number of hydrogen-bond donors (Lipinski definition) is 2. The van der Waals surface area contributed by atoms with Crippen LogP contribution in [0.5, 0.6) is 0 Å². The highest BCUT2D eigenvalue weighted by molar-refractivity contribution is 5.99. The van der Waals surface area contributed by atoms with Gasteiger partial charge in [-0.2, -0.15) is 0 Å². The molecule has 6 nitrogen and oxygen atoms in total. The second-order valence-corrected chi connectivity index (χ2v) is 8.69. The molecule has 2 N–H and O–H groups in total. The molecule has 1 aliphatic rings. The number of carbonyl (C=O) groups is 1. The Kier molecular flexibility index (Phi) is 5.24. The van der Waals surface area contributed by atoms with E-state index in [1.165, 1.54) is 5.56 Å². The minimum absolute atomic E-state index is 0.0150. The molecule has 0 amide bonds. The average molecular weight is 417 g/mol. The van der Waals surface area contributed by atoms with Crippen molar-refractivity contribution in [1.82, 2.24) is 19.4 Å². The lowest BCUT2D eigenvalue weighted by molar-refractivity contribution is 0.0966. The monoisotopic (exact) mass is 416 g/mol. The number of likely N-dealkylation sites (tertiary alicyclic amines) is 1. The molecule has 0 radical (unpaired) electrons. The standard InChI is InChI=1S/C25H28N4O2/c1-17-8-9-20-18(15-17)16-22(26-20)24(30)7-4-12-28-13-10-19(11-14-28)29-23-6-3-2-5-21(23)27-25(29)31/h2-3,5-6,8-9,15-16,19,26H,4,7,10-14H2,1H3,(H,27,31). The van der Waals surface area contributed by atoms with E-state index in [0.717, 1.165) is 60.8 Å². The van der Waals surface area contributed by atoms with Gasteiger partial charge in [-0.05, 0) is 63.1 Å². The third-order valence-electron chi connectivity index (χ3n) is 6.50. The lowest BCUT2D eigenvalue weighted by Crippen LogP contribution is -2.37. The van der Waals surface area contributed by atoms with Crippen molar-refractivity contribution < 1.29 is 4.79 Å². The summed E-state index contributed by atoms with van der Waals surface area (Å²) in [5.41, 5.74) is 4.80. The van der Waals surface area contributed by atoms with Gasteiger partial charge in [-0.1, -0.05) is 23.8 Å². The molecule has 1 aliphatic heterocycles. The van der Waals surface area contributed by atoms with Crippen LogP contribution in [0.25, 0.3) is 21.9 Å². The van der Waals surface area contributed by atoms with E-state index >= 15 is 0 Å². The Morgan fingerprint density at radius 1 is 1.03 bits per heavy atom. The normalized spacial score (nSPS) is 15.8. The van der Waals surface area contributed by atoms with E-state index in [-0.39, 0.29) is 17.5 Å². The zero-order chi connectivity index (χ0) is 21.4. The number of fused-ring (bicyclic) bond motifs is 2. The maximum absolute atomic E-state index is 12.6. The van der Waals surface area contributed by atoms with Crippen LogP contribution in [0.2, 0.25) is 0 Å². The number of nitrogens with zero attached hydrogens (tertiary/aromatic N) is 2. The number of piperidine rings is 1. The number of benzene rings is 2. The van der Waals surface area contributed by atoms with Gasteiger partial charge in [0, 0.05) is 36.5 Å². The fraction of sp³-hybridized carbons (Fsp3) is 0.360. The molecule has 0 bridgehead atoms. The van der Waals surface area contributed by atoms with Crippen molar-refractivity contribution in [3.8, 4) is 0 Å². The second-order valence-electron chi connectivity index (χ2n) is 8.69. The first kappa shape index (κ1) is 19.8. The Morgan fingerprint density at radius 3 is 2.68 bits per heavy atom. The number of nitrogens with one attached hydrogen (secondary N) is 2. The van der Waals surface area contributed by atoms with Gasteiger partial charge in [0.25, 0.3) is 0 Å². The maximum atomic E-state index is 12.6. The van der Waals surface area contributed by atoms with E-state index in [9.17, 15) is 9.59 Å². The van der Waals surface area contributed by atoms with E-state index < -0.39 is 0 Å². The predicted molar refractivity (Wildman–Crippen MR) is 124 cm³/mol. The molecule has 3 heterocycles. The summed E-state index contributed by atoms with van der Waals surface area (Å²) in [5.74, 6) is 0.175. The van der Waals surface area contributed by atoms with Gasteiger partial charge in [0.1, 0.15) is 0 Å². The van der Waals surface area contributed by atoms with Gasteiger partial charge < -0.3 is 14.9 Å². The van der Waals surface area contributed by atoms with Crippen molar-refractivity contribution in [3.63, 3.8) is 0 Å². The summed E-state index contributed by atoms with van der Waals surface area (Å²) in [6.07, 6.45) is 3.31. The van der Waals surface area contributed by atoms with Gasteiger partial charge in [0.2, 0.25) is 0 Å². The van der Waals surface area contributed by atoms with Crippen molar-refractivity contribution in [1.29, 1.82) is 0 Å². The number of imidazole rings is 1. The summed E-state index contributed by atoms with van der Waals surface area (Å²) in [4.78, 5) is 33.7. The van der Waals surface area contributed by atoms with Gasteiger partial charge in [0.05, 0.1) is 16.7 Å². The van der Waals surface area contributed by atoms with Gasteiger partial charge in [-0.15, -0.1) is 0 Å². The van der Waals surface area contributed by atoms with Crippen LogP contribution in [0.3, 0.4) is 0 Å². The predicted octanol–water partition coefficient (Wildman–Crippen LogP) is 4.42. The number of aromatic amines is 2. The second kappa shape index (κ2) is 8.19. The van der Waals surface area contributed by atoms with E-state index in [0.29, 0.717) is 12.1 Å². The summed E-state index contributed by atoms with van der Waals surface area (Å²) >= 11 is 0. The lowest BCUT2D eigenvalue weighted by Gasteiger charge is -2.32. The largest absolute Gasteiger partial charge is 0.352 e. The minimum Gasteiger partial charge on any atom is -0.352 e. The molecule has 2 aromatic heterocycles. The molecular weight excluding hydrogens is 388 g/mol. The number of para-hydroxylation sites is 2. The molecule has 0 aliphatic carbocycles. The average Bonchev–Trinajstić information content (AvgIpc) is 3.34. The third kappa shape index (κ3) is 3.95. The first-order valence-electron chi connectivity index (χ1n) is 11.1. The Balaban J connectivity index is 1.14. The van der Waals surface area contributed by atoms with E-state index in [1.807, 2.05) is 41.0 Å². The fourth-order valence-corrected chi connectivity index (χ4v) is 4.84. The minimum atomic E-state index is -0.0150. The molecule has 1 saturated heterocycles. The fourth-order valence-electron chi connectivity index (χ4n) is 4.84. The number of hydrogen-bond acceptors (Lipinski definition) is 3. The number of aryl methyl sites for hydroxylation is 1. The quantitative estimate of drug-likeness (QED) is 0.457. The van der Waals surface area contributed by atoms with Crippen LogP contribution in [0.15, 0.2) is 53.3 Å². The zero-order valence-corrected chi connectivity index (χ0v) is 17.9. The van der Waals surface area contributed by atoms with Gasteiger partial charge in [-0.3, -0.25) is 9.36 Å². The number of rotatable bonds is 6. The Bertz CT molecular complexity index is 1290. The zero-order valence-electron chi connectivity index (χ0n) is 17.9. The van der Waals surface area contributed by atoms with Crippen LogP contribution in [-0.4, -0.2) is 44.9 Å². The van der Waals surface area contributed by atoms with Crippen LogP contribution in [-0.2, 0) is 0 Å². The SMILES string of the molecule is Cc1ccc2[nH]c(C(=O)CCCN3CCC(n4c(=O)[nH]c5ccccc54)CC3)cc2c1. The number of Topliss-reactive ketones (excluding diaryl/α,β-unsaturated/α-hetero) is 1. The van der Waals surface area contributed by atoms with Crippen LogP contribution < -0.4 is 5.69 Å². The summed E-state index contributed by atoms with van der Waals surface area (Å²) < 4.78 is 1.92. The molecule has 0 atom stereocenters. The van der Waals surface area contributed by atoms with Crippen molar-refractivity contribution in [3.05, 3.63) is 70.3 Å². The Morgan fingerprint density at radius 2 is 1.84 bits per heavy atom. The van der Waals surface area contributed by atoms with E-state index in [2.05, 4.69) is 33.9 Å². The number of H-pyrrole nitrogens is 2. The van der Waals surface area contributed by atoms with Gasteiger partial charge in [0.15, 0.2) is 5.78 Å². The molecule has 0 spiro atoms. The Hall–Kier alpha value is -3.12. The van der Waals surface area contributed by atoms with E-state index in [1.54, 1.807) is 0 Å². The number of aromatic nitrogens is 3. The molecule has 6 heteroatoms. The van der Waals surface area contributed by atoms with Crippen molar-refractivity contribution >= 4 is 27.7 Å². The highest BCUT2D eigenvalue weighted by Crippen LogP contribution is 2.25. The topological polar surface area (TPSA) is 73.9 Å². The molecule has 160 valence electrons. The molecular formula is C25H28N4O2. The summed E-state index contributed by atoms with van der Waals surface area (Å²) in [6, 6.07) is 16.3. The number of carbonyl (C=O) groups excluding carboxylic acids is 1. The summed E-state index contributed by atoms with van der Waals surface area (Å²) in [7, 11) is 0. The number of ketones is 1. The highest BCUT2D eigenvalue weighted by atomic mass is 16.1. The smallest absolute Gasteiger partial charge is 0.326 e. The van der Waals surface area contributed by atoms with Crippen molar-refractivity contribution in [2.45, 2.75) is 38.6 Å². The van der Waals surface area contributed by atoms with Crippen LogP contribution in [0, 0.1) is 6.92 Å². The summed E-state index contributed by atoms with van der Waals surface area (Å²) in [5, 5.41) is 1.10. The lowest BCUT2D eigenvalue weighted by atomic mass is 10.0. The Labute approximate surface area is 180 Å². The van der Waals surface area contributed by atoms with Crippen molar-refractivity contribution in [2.24, 2.45) is 0 Å². The third-order valence-corrected chi connectivity index (χ3v) is 6.50. The van der Waals surface area contributed by atoms with Crippen molar-refractivity contribution in [2.75, 3.05) is 19.6 Å². The van der Waals surface area contributed by atoms with Crippen LogP contribution in [0.4, 0.5) is 0 Å². The summed E-state index contributed by atoms with van der Waals surface area (Å²) in [6.45, 7) is 4.89. The van der Waals surface area contributed by atoms with Gasteiger partial charge >= 0.3 is 5.69 Å². The first-order valence-corrected chi connectivity index (χ1v) is 11.1. The molecule has 0 unspecified atom stereocenters. The molecule has 31 heavy (non-hydrogen) atoms.